The SMILES string of the molecule is C=C(C)C[C@H](c1cc(Br)cc(Br)c1N)N1CCNCC1.Cl.Cl. The highest BCUT2D eigenvalue weighted by atomic mass is 79.9. The van der Waals surface area contributed by atoms with E-state index in [1.807, 2.05) is 6.07 Å². The number of rotatable bonds is 4. The third-order valence-electron chi connectivity index (χ3n) is 3.62. The van der Waals surface area contributed by atoms with Gasteiger partial charge in [-0.25, -0.2) is 0 Å². The van der Waals surface area contributed by atoms with Gasteiger partial charge in [0.15, 0.2) is 0 Å². The highest BCUT2D eigenvalue weighted by molar-refractivity contribution is 9.11. The lowest BCUT2D eigenvalue weighted by Gasteiger charge is -2.36. The fourth-order valence-corrected chi connectivity index (χ4v) is 3.90. The van der Waals surface area contributed by atoms with E-state index >= 15 is 0 Å². The molecule has 3 nitrogen and oxygen atoms in total. The lowest BCUT2D eigenvalue weighted by Crippen LogP contribution is -2.45. The predicted molar refractivity (Wildman–Crippen MR) is 107 cm³/mol. The maximum absolute atomic E-state index is 6.30. The van der Waals surface area contributed by atoms with Crippen LogP contribution in [0.3, 0.4) is 0 Å². The maximum Gasteiger partial charge on any atom is 0.0507 e. The number of anilines is 1. The molecular formula is C15H23Br2Cl2N3. The van der Waals surface area contributed by atoms with Gasteiger partial charge in [-0.3, -0.25) is 4.90 Å². The normalized spacial score (nSPS) is 16.3. The average Bonchev–Trinajstić information content (AvgIpc) is 2.41. The lowest BCUT2D eigenvalue weighted by atomic mass is 9.96. The molecule has 22 heavy (non-hydrogen) atoms. The first-order chi connectivity index (χ1) is 9.49. The molecule has 0 amide bonds. The summed E-state index contributed by atoms with van der Waals surface area (Å²) in [6.07, 6.45) is 0.938. The molecule has 3 N–H and O–H groups in total. The number of nitrogens with one attached hydrogen (secondary N) is 1. The maximum atomic E-state index is 6.30. The molecule has 1 aromatic rings. The summed E-state index contributed by atoms with van der Waals surface area (Å²) in [4.78, 5) is 2.50. The first kappa shape index (κ1) is 22.2. The number of nitrogens with zero attached hydrogens (tertiary/aromatic N) is 1. The first-order valence-corrected chi connectivity index (χ1v) is 8.41. The molecule has 1 heterocycles. The smallest absolute Gasteiger partial charge is 0.0507 e. The third-order valence-corrected chi connectivity index (χ3v) is 4.73. The summed E-state index contributed by atoms with van der Waals surface area (Å²) in [7, 11) is 0. The van der Waals surface area contributed by atoms with Gasteiger partial charge in [-0.1, -0.05) is 21.5 Å². The van der Waals surface area contributed by atoms with Crippen molar-refractivity contribution in [1.29, 1.82) is 0 Å². The Morgan fingerprint density at radius 1 is 1.32 bits per heavy atom. The molecule has 1 aliphatic heterocycles. The second-order valence-corrected chi connectivity index (χ2v) is 7.12. The van der Waals surface area contributed by atoms with Gasteiger partial charge < -0.3 is 11.1 Å². The Labute approximate surface area is 162 Å². The van der Waals surface area contributed by atoms with Gasteiger partial charge in [0, 0.05) is 41.2 Å². The topological polar surface area (TPSA) is 41.3 Å². The monoisotopic (exact) mass is 473 g/mol. The fourth-order valence-electron chi connectivity index (χ4n) is 2.64. The number of nitrogens with two attached hydrogens (primary N) is 1. The van der Waals surface area contributed by atoms with Gasteiger partial charge in [0.05, 0.1) is 5.69 Å². The number of nitrogen functional groups attached to an aromatic ring is 1. The van der Waals surface area contributed by atoms with Crippen LogP contribution in [-0.4, -0.2) is 31.1 Å². The Kier molecular flexibility index (Phi) is 10.3. The Hall–Kier alpha value is 0.220. The second kappa shape index (κ2) is 10.2. The summed E-state index contributed by atoms with van der Waals surface area (Å²) >= 11 is 7.11. The van der Waals surface area contributed by atoms with Crippen molar-refractivity contribution in [2.24, 2.45) is 0 Å². The van der Waals surface area contributed by atoms with Crippen LogP contribution in [0, 0.1) is 0 Å². The minimum absolute atomic E-state index is 0. The van der Waals surface area contributed by atoms with E-state index in [4.69, 9.17) is 5.73 Å². The zero-order valence-corrected chi connectivity index (χ0v) is 17.4. The van der Waals surface area contributed by atoms with E-state index in [1.165, 1.54) is 11.1 Å². The summed E-state index contributed by atoms with van der Waals surface area (Å²) in [6, 6.07) is 4.42. The van der Waals surface area contributed by atoms with Crippen LogP contribution in [0.2, 0.25) is 0 Å². The van der Waals surface area contributed by atoms with Crippen molar-refractivity contribution in [3.63, 3.8) is 0 Å². The van der Waals surface area contributed by atoms with Gasteiger partial charge in [0.2, 0.25) is 0 Å². The molecule has 0 aliphatic carbocycles. The Morgan fingerprint density at radius 2 is 1.91 bits per heavy atom. The molecule has 7 heteroatoms. The number of benzene rings is 1. The van der Waals surface area contributed by atoms with Gasteiger partial charge in [0.1, 0.15) is 0 Å². The molecule has 0 aromatic heterocycles. The molecule has 126 valence electrons. The van der Waals surface area contributed by atoms with Crippen LogP contribution in [-0.2, 0) is 0 Å². The summed E-state index contributed by atoms with van der Waals surface area (Å²) in [5.74, 6) is 0. The highest BCUT2D eigenvalue weighted by Crippen LogP contribution is 2.37. The van der Waals surface area contributed by atoms with Crippen LogP contribution in [0.4, 0.5) is 5.69 Å². The van der Waals surface area contributed by atoms with E-state index in [1.54, 1.807) is 0 Å². The molecule has 0 radical (unpaired) electrons. The molecule has 0 spiro atoms. The molecule has 1 atom stereocenters. The van der Waals surface area contributed by atoms with Gasteiger partial charge in [-0.2, -0.15) is 0 Å². The number of hydrogen-bond donors (Lipinski definition) is 2. The number of piperazine rings is 1. The van der Waals surface area contributed by atoms with Gasteiger partial charge >= 0.3 is 0 Å². The van der Waals surface area contributed by atoms with E-state index in [9.17, 15) is 0 Å². The van der Waals surface area contributed by atoms with E-state index in [-0.39, 0.29) is 24.8 Å². The second-order valence-electron chi connectivity index (χ2n) is 5.35. The molecule has 0 bridgehead atoms. The third kappa shape index (κ3) is 5.69. The van der Waals surface area contributed by atoms with E-state index in [0.29, 0.717) is 6.04 Å². The average molecular weight is 476 g/mol. The fraction of sp³-hybridized carbons (Fsp3) is 0.467. The largest absolute Gasteiger partial charge is 0.398 e. The van der Waals surface area contributed by atoms with Crippen LogP contribution < -0.4 is 11.1 Å². The van der Waals surface area contributed by atoms with Gasteiger partial charge in [-0.15, -0.1) is 31.4 Å². The van der Waals surface area contributed by atoms with Crippen molar-refractivity contribution in [3.8, 4) is 0 Å². The Balaban J connectivity index is 0.00000220. The Bertz CT molecular complexity index is 506. The van der Waals surface area contributed by atoms with E-state index < -0.39 is 0 Å². The molecule has 1 aliphatic rings. The van der Waals surface area contributed by atoms with Crippen molar-refractivity contribution in [2.45, 2.75) is 19.4 Å². The molecule has 2 rings (SSSR count). The van der Waals surface area contributed by atoms with Crippen LogP contribution in [0.25, 0.3) is 0 Å². The van der Waals surface area contributed by atoms with Crippen molar-refractivity contribution < 1.29 is 0 Å². The number of halogens is 4. The molecule has 0 unspecified atom stereocenters. The number of hydrogen-bond acceptors (Lipinski definition) is 3. The molecule has 1 aromatic carbocycles. The molecule has 1 saturated heterocycles. The molecule has 0 saturated carbocycles. The summed E-state index contributed by atoms with van der Waals surface area (Å²) in [6.45, 7) is 10.3. The van der Waals surface area contributed by atoms with Crippen molar-refractivity contribution in [3.05, 3.63) is 38.8 Å². The zero-order valence-electron chi connectivity index (χ0n) is 12.6. The molecular weight excluding hydrogens is 453 g/mol. The quantitative estimate of drug-likeness (QED) is 0.496. The first-order valence-electron chi connectivity index (χ1n) is 6.82. The van der Waals surface area contributed by atoms with Crippen molar-refractivity contribution >= 4 is 62.4 Å². The zero-order chi connectivity index (χ0) is 14.7. The van der Waals surface area contributed by atoms with Crippen LogP contribution in [0.15, 0.2) is 33.2 Å². The summed E-state index contributed by atoms with van der Waals surface area (Å²) in [5, 5.41) is 3.40. The predicted octanol–water partition coefficient (Wildman–Crippen LogP) is 4.55. The summed E-state index contributed by atoms with van der Waals surface area (Å²) in [5.41, 5.74) is 9.49. The lowest BCUT2D eigenvalue weighted by molar-refractivity contribution is 0.173. The van der Waals surface area contributed by atoms with Gasteiger partial charge in [-0.05, 0) is 47.0 Å². The van der Waals surface area contributed by atoms with Crippen molar-refractivity contribution in [1.82, 2.24) is 10.2 Å². The van der Waals surface area contributed by atoms with E-state index in [2.05, 4.69) is 61.6 Å². The minimum atomic E-state index is 0. The van der Waals surface area contributed by atoms with Crippen molar-refractivity contribution in [2.75, 3.05) is 31.9 Å². The summed E-state index contributed by atoms with van der Waals surface area (Å²) < 4.78 is 2.00. The highest BCUT2D eigenvalue weighted by Gasteiger charge is 2.24. The van der Waals surface area contributed by atoms with E-state index in [0.717, 1.165) is 47.2 Å². The van der Waals surface area contributed by atoms with Crippen LogP contribution in [0.1, 0.15) is 24.9 Å². The van der Waals surface area contributed by atoms with Gasteiger partial charge in [0.25, 0.3) is 0 Å². The standard InChI is InChI=1S/C15H21Br2N3.2ClH/c1-10(2)7-14(20-5-3-19-4-6-20)12-8-11(16)9-13(17)15(12)18;;/h8-9,14,19H,1,3-7,18H2,2H3;2*1H/t14-;;/m1../s1. The Morgan fingerprint density at radius 3 is 2.45 bits per heavy atom. The van der Waals surface area contributed by atoms with Crippen LogP contribution >= 0.6 is 56.7 Å². The van der Waals surface area contributed by atoms with Crippen LogP contribution in [0.5, 0.6) is 0 Å². The molecule has 1 fully saturated rings. The minimum Gasteiger partial charge on any atom is -0.398 e.